The molecule has 0 aliphatic carbocycles. The second kappa shape index (κ2) is 54.9. The molecule has 0 saturated heterocycles. The number of rotatable bonds is 49. The predicted molar refractivity (Wildman–Crippen MR) is 288 cm³/mol. The van der Waals surface area contributed by atoms with Crippen LogP contribution in [-0.4, -0.2) is 37.2 Å². The third kappa shape index (κ3) is 53.2. The summed E-state index contributed by atoms with van der Waals surface area (Å²) in [5, 5.41) is 0. The highest BCUT2D eigenvalue weighted by Crippen LogP contribution is 2.13. The van der Waals surface area contributed by atoms with Crippen molar-refractivity contribution in [3.8, 4) is 0 Å². The van der Waals surface area contributed by atoms with Crippen molar-refractivity contribution in [1.29, 1.82) is 0 Å². The van der Waals surface area contributed by atoms with Gasteiger partial charge in [-0.3, -0.25) is 14.4 Å². The topological polar surface area (TPSA) is 78.9 Å². The van der Waals surface area contributed by atoms with E-state index in [1.807, 2.05) is 0 Å². The van der Waals surface area contributed by atoms with Gasteiger partial charge in [0.1, 0.15) is 13.2 Å². The number of hydrogen-bond acceptors (Lipinski definition) is 6. The van der Waals surface area contributed by atoms with Crippen LogP contribution in [0.5, 0.6) is 0 Å². The Morgan fingerprint density at radius 1 is 0.313 bits per heavy atom. The maximum Gasteiger partial charge on any atom is 0.306 e. The van der Waals surface area contributed by atoms with E-state index in [4.69, 9.17) is 14.2 Å². The van der Waals surface area contributed by atoms with E-state index >= 15 is 0 Å². The molecule has 0 spiro atoms. The first-order chi connectivity index (χ1) is 33.0. The largest absolute Gasteiger partial charge is 0.462 e. The fourth-order valence-corrected chi connectivity index (χ4v) is 7.38. The smallest absolute Gasteiger partial charge is 0.306 e. The minimum Gasteiger partial charge on any atom is -0.462 e. The molecular formula is C61H102O6. The summed E-state index contributed by atoms with van der Waals surface area (Å²) in [6.45, 7) is 6.44. The molecule has 6 nitrogen and oxygen atoms in total. The van der Waals surface area contributed by atoms with Crippen molar-refractivity contribution in [3.63, 3.8) is 0 Å². The Kier molecular flexibility index (Phi) is 51.9. The lowest BCUT2D eigenvalue weighted by molar-refractivity contribution is -0.167. The zero-order valence-electron chi connectivity index (χ0n) is 43.6. The first-order valence-corrected chi connectivity index (χ1v) is 27.7. The molecular weight excluding hydrogens is 829 g/mol. The van der Waals surface area contributed by atoms with Gasteiger partial charge in [-0.1, -0.05) is 214 Å². The van der Waals surface area contributed by atoms with Gasteiger partial charge in [0.15, 0.2) is 6.10 Å². The van der Waals surface area contributed by atoms with Gasteiger partial charge in [0.2, 0.25) is 0 Å². The maximum atomic E-state index is 12.8. The van der Waals surface area contributed by atoms with E-state index in [0.717, 1.165) is 109 Å². The number of unbranched alkanes of at least 4 members (excludes halogenated alkanes) is 22. The molecule has 67 heavy (non-hydrogen) atoms. The Bertz CT molecular complexity index is 1350. The number of hydrogen-bond donors (Lipinski definition) is 0. The van der Waals surface area contributed by atoms with E-state index in [1.165, 1.54) is 96.3 Å². The van der Waals surface area contributed by atoms with E-state index in [1.54, 1.807) is 0 Å². The summed E-state index contributed by atoms with van der Waals surface area (Å²) in [5.74, 6) is -0.992. The molecule has 1 atom stereocenters. The summed E-state index contributed by atoms with van der Waals surface area (Å²) in [4.78, 5) is 38.1. The number of ether oxygens (including phenoxy) is 3. The van der Waals surface area contributed by atoms with Gasteiger partial charge in [-0.05, 0) is 116 Å². The van der Waals surface area contributed by atoms with Crippen molar-refractivity contribution in [2.24, 2.45) is 0 Å². The molecule has 0 fully saturated rings. The molecule has 0 aliphatic heterocycles. The molecule has 0 aromatic rings. The molecule has 6 heteroatoms. The second-order valence-electron chi connectivity index (χ2n) is 18.1. The van der Waals surface area contributed by atoms with Gasteiger partial charge < -0.3 is 14.2 Å². The molecule has 1 unspecified atom stereocenters. The van der Waals surface area contributed by atoms with E-state index < -0.39 is 6.10 Å². The van der Waals surface area contributed by atoms with Crippen LogP contribution in [0.2, 0.25) is 0 Å². The minimum absolute atomic E-state index is 0.110. The van der Waals surface area contributed by atoms with Crippen LogP contribution in [-0.2, 0) is 28.6 Å². The number of esters is 3. The average molecular weight is 931 g/mol. The van der Waals surface area contributed by atoms with Gasteiger partial charge in [0.25, 0.3) is 0 Å². The quantitative estimate of drug-likeness (QED) is 0.0262. The molecule has 0 aromatic heterocycles. The second-order valence-corrected chi connectivity index (χ2v) is 18.1. The third-order valence-corrected chi connectivity index (χ3v) is 11.5. The van der Waals surface area contributed by atoms with Gasteiger partial charge in [0, 0.05) is 19.3 Å². The van der Waals surface area contributed by atoms with Crippen LogP contribution in [0.4, 0.5) is 0 Å². The Hall–Kier alpha value is -3.67. The van der Waals surface area contributed by atoms with E-state index in [-0.39, 0.29) is 37.5 Å². The summed E-state index contributed by atoms with van der Waals surface area (Å²) in [6.07, 6.45) is 72.6. The zero-order chi connectivity index (χ0) is 48.6. The summed E-state index contributed by atoms with van der Waals surface area (Å²) >= 11 is 0. The lowest BCUT2D eigenvalue weighted by Gasteiger charge is -2.18. The van der Waals surface area contributed by atoms with E-state index in [0.29, 0.717) is 19.3 Å². The molecule has 382 valence electrons. The van der Waals surface area contributed by atoms with Crippen molar-refractivity contribution in [1.82, 2.24) is 0 Å². The Balaban J connectivity index is 4.50. The lowest BCUT2D eigenvalue weighted by Crippen LogP contribution is -2.30. The van der Waals surface area contributed by atoms with Crippen LogP contribution in [0.1, 0.15) is 252 Å². The molecule has 0 bridgehead atoms. The molecule has 0 aromatic carbocycles. The molecule has 0 rings (SSSR count). The highest BCUT2D eigenvalue weighted by Gasteiger charge is 2.19. The van der Waals surface area contributed by atoms with Crippen LogP contribution >= 0.6 is 0 Å². The van der Waals surface area contributed by atoms with Gasteiger partial charge in [-0.15, -0.1) is 0 Å². The molecule has 0 N–H and O–H groups in total. The van der Waals surface area contributed by atoms with Crippen LogP contribution in [0.25, 0.3) is 0 Å². The Morgan fingerprint density at radius 3 is 0.985 bits per heavy atom. The fourth-order valence-electron chi connectivity index (χ4n) is 7.38. The summed E-state index contributed by atoms with van der Waals surface area (Å²) < 4.78 is 16.8. The minimum atomic E-state index is -0.817. The van der Waals surface area contributed by atoms with Gasteiger partial charge in [-0.2, -0.15) is 0 Å². The summed E-state index contributed by atoms with van der Waals surface area (Å²) in [6, 6.07) is 0. The highest BCUT2D eigenvalue weighted by atomic mass is 16.6. The number of allylic oxidation sites excluding steroid dienone is 16. The van der Waals surface area contributed by atoms with Crippen molar-refractivity contribution >= 4 is 17.9 Å². The fraction of sp³-hybridized carbons (Fsp3) is 0.689. The van der Waals surface area contributed by atoms with E-state index in [9.17, 15) is 14.4 Å². The van der Waals surface area contributed by atoms with Crippen molar-refractivity contribution < 1.29 is 28.6 Å². The molecule has 0 heterocycles. The Morgan fingerprint density at radius 2 is 0.597 bits per heavy atom. The van der Waals surface area contributed by atoms with Crippen LogP contribution in [0.15, 0.2) is 97.2 Å². The average Bonchev–Trinajstić information content (AvgIpc) is 3.33. The standard InChI is InChI=1S/C61H102O6/c1-4-7-10-13-16-19-22-25-27-29-30-32-33-36-39-42-45-48-51-54-60(63)66-57-58(56-65-59(62)53-50-47-44-41-38-35-24-21-18-15-12-9-6-3)67-61(64)55-52-49-46-43-40-37-34-31-28-26-23-20-17-14-11-8-5-2/h7,10,16,19,25-28,30,32,34-35,37-38,43,46,58H,4-6,8-9,11-15,17-18,20-24,29,31,33,36,39-42,44-45,47-57H2,1-3H3/b10-7-,19-16-,27-25-,28-26-,32-30-,37-34-,38-35-,46-43-. The third-order valence-electron chi connectivity index (χ3n) is 11.5. The van der Waals surface area contributed by atoms with Crippen molar-refractivity contribution in [2.45, 2.75) is 258 Å². The molecule has 0 aliphatic rings. The van der Waals surface area contributed by atoms with Crippen LogP contribution in [0.3, 0.4) is 0 Å². The first-order valence-electron chi connectivity index (χ1n) is 27.7. The van der Waals surface area contributed by atoms with Gasteiger partial charge >= 0.3 is 17.9 Å². The highest BCUT2D eigenvalue weighted by molar-refractivity contribution is 5.71. The van der Waals surface area contributed by atoms with E-state index in [2.05, 4.69) is 118 Å². The zero-order valence-corrected chi connectivity index (χ0v) is 43.6. The summed E-state index contributed by atoms with van der Waals surface area (Å²) in [7, 11) is 0. The Labute approximate surface area is 413 Å². The molecule has 0 saturated carbocycles. The van der Waals surface area contributed by atoms with Crippen LogP contribution in [0, 0.1) is 0 Å². The van der Waals surface area contributed by atoms with Crippen LogP contribution < -0.4 is 0 Å². The van der Waals surface area contributed by atoms with Gasteiger partial charge in [-0.25, -0.2) is 0 Å². The molecule has 0 radical (unpaired) electrons. The maximum absolute atomic E-state index is 12.8. The van der Waals surface area contributed by atoms with Crippen molar-refractivity contribution in [2.75, 3.05) is 13.2 Å². The number of carbonyl (C=O) groups excluding carboxylic acids is 3. The monoisotopic (exact) mass is 931 g/mol. The molecule has 0 amide bonds. The SMILES string of the molecule is CC/C=C\C/C=C\C/C=C\C/C=C\CCCCCCCCC(=O)OCC(COC(=O)CCCCC/C=C\CCCCCCCC)OC(=O)CCC/C=C\C/C=C\C/C=C\CCCCCCCC. The van der Waals surface area contributed by atoms with Crippen molar-refractivity contribution in [3.05, 3.63) is 97.2 Å². The number of carbonyl (C=O) groups is 3. The van der Waals surface area contributed by atoms with Gasteiger partial charge in [0.05, 0.1) is 0 Å². The first kappa shape index (κ1) is 63.3. The summed E-state index contributed by atoms with van der Waals surface area (Å²) in [5.41, 5.74) is 0. The lowest BCUT2D eigenvalue weighted by atomic mass is 10.1. The predicted octanol–water partition coefficient (Wildman–Crippen LogP) is 18.5. The normalized spacial score (nSPS) is 12.8.